The van der Waals surface area contributed by atoms with Crippen LogP contribution in [0.1, 0.15) is 52.0 Å². The number of benzene rings is 1. The number of rotatable bonds is 8. The zero-order chi connectivity index (χ0) is 22.6. The number of hydrogen-bond acceptors (Lipinski definition) is 5. The van der Waals surface area contributed by atoms with E-state index in [0.717, 1.165) is 15.7 Å². The topological polar surface area (TPSA) is 90.6 Å². The molecule has 1 aromatic heterocycles. The average Bonchev–Trinajstić information content (AvgIpc) is 3.27. The monoisotopic (exact) mass is 426 g/mol. The first-order valence-corrected chi connectivity index (χ1v) is 10.9. The number of fused-ring (bicyclic) bond motifs is 1. The van der Waals surface area contributed by atoms with E-state index in [1.807, 2.05) is 25.1 Å². The lowest BCUT2D eigenvalue weighted by Gasteiger charge is -2.27. The van der Waals surface area contributed by atoms with Crippen LogP contribution < -0.4 is 4.73 Å². The fraction of sp³-hybridized carbons (Fsp3) is 0.500. The SMILES string of the molecule is CCC(C)(C)C(=O)C(=O)N1CCCC1C(=O)OCCCc1cc[n+]([O-])c2ccccc12. The molecule has 1 fully saturated rings. The molecule has 2 heterocycles. The maximum Gasteiger partial charge on any atom is 0.328 e. The number of carbonyl (C=O) groups excluding carboxylic acids is 3. The summed E-state index contributed by atoms with van der Waals surface area (Å²) in [5, 5.41) is 12.8. The summed E-state index contributed by atoms with van der Waals surface area (Å²) in [5.41, 5.74) is 0.884. The van der Waals surface area contributed by atoms with Crippen LogP contribution in [0.25, 0.3) is 10.9 Å². The molecule has 7 nitrogen and oxygen atoms in total. The maximum absolute atomic E-state index is 12.7. The molecule has 31 heavy (non-hydrogen) atoms. The number of likely N-dealkylation sites (tertiary alicyclic amines) is 1. The smallest absolute Gasteiger partial charge is 0.328 e. The third-order valence-corrected chi connectivity index (χ3v) is 6.21. The third kappa shape index (κ3) is 4.86. The molecular weight excluding hydrogens is 396 g/mol. The van der Waals surface area contributed by atoms with Crippen LogP contribution in [0.3, 0.4) is 0 Å². The van der Waals surface area contributed by atoms with Crippen LogP contribution >= 0.6 is 0 Å². The summed E-state index contributed by atoms with van der Waals surface area (Å²) in [6.45, 7) is 5.98. The molecule has 1 amide bonds. The van der Waals surface area contributed by atoms with Crippen LogP contribution in [-0.2, 0) is 25.5 Å². The number of esters is 1. The van der Waals surface area contributed by atoms with Gasteiger partial charge in [0.1, 0.15) is 6.04 Å². The van der Waals surface area contributed by atoms with Crippen LogP contribution in [0.2, 0.25) is 0 Å². The van der Waals surface area contributed by atoms with Crippen molar-refractivity contribution in [1.29, 1.82) is 0 Å². The van der Waals surface area contributed by atoms with Gasteiger partial charge in [-0.1, -0.05) is 32.9 Å². The first-order valence-electron chi connectivity index (χ1n) is 10.9. The molecule has 0 saturated carbocycles. The second-order valence-corrected chi connectivity index (χ2v) is 8.68. The Labute approximate surface area is 182 Å². The minimum atomic E-state index is -0.741. The van der Waals surface area contributed by atoms with Gasteiger partial charge < -0.3 is 14.8 Å². The Morgan fingerprint density at radius 1 is 1.23 bits per heavy atom. The molecule has 0 radical (unpaired) electrons. The number of nitrogens with zero attached hydrogens (tertiary/aromatic N) is 2. The van der Waals surface area contributed by atoms with Gasteiger partial charge in [-0.3, -0.25) is 9.59 Å². The molecule has 1 saturated heterocycles. The first kappa shape index (κ1) is 22.7. The van der Waals surface area contributed by atoms with Crippen molar-refractivity contribution in [3.63, 3.8) is 0 Å². The lowest BCUT2D eigenvalue weighted by atomic mass is 9.84. The molecule has 0 spiro atoms. The predicted molar refractivity (Wildman–Crippen MR) is 116 cm³/mol. The minimum Gasteiger partial charge on any atom is -0.618 e. The van der Waals surface area contributed by atoms with Gasteiger partial charge in [-0.2, -0.15) is 4.73 Å². The van der Waals surface area contributed by atoms with E-state index in [1.54, 1.807) is 26.0 Å². The van der Waals surface area contributed by atoms with Gasteiger partial charge in [-0.25, -0.2) is 4.79 Å². The van der Waals surface area contributed by atoms with E-state index in [2.05, 4.69) is 0 Å². The number of Topliss-reactive ketones (excluding diaryl/α,β-unsaturated/α-hetero) is 1. The molecule has 1 aromatic carbocycles. The normalized spacial score (nSPS) is 16.5. The molecule has 1 atom stereocenters. The van der Waals surface area contributed by atoms with Gasteiger partial charge >= 0.3 is 5.97 Å². The number of aryl methyl sites for hydroxylation is 1. The highest BCUT2D eigenvalue weighted by Gasteiger charge is 2.41. The molecule has 3 rings (SSSR count). The summed E-state index contributed by atoms with van der Waals surface area (Å²) in [6.07, 6.45) is 4.49. The largest absolute Gasteiger partial charge is 0.618 e. The Morgan fingerprint density at radius 3 is 2.71 bits per heavy atom. The number of carbonyl (C=O) groups is 3. The molecule has 1 aliphatic rings. The van der Waals surface area contributed by atoms with E-state index < -0.39 is 29.1 Å². The summed E-state index contributed by atoms with van der Waals surface area (Å²) < 4.78 is 6.28. The Kier molecular flexibility index (Phi) is 6.93. The third-order valence-electron chi connectivity index (χ3n) is 6.21. The van der Waals surface area contributed by atoms with E-state index in [-0.39, 0.29) is 6.61 Å². The van der Waals surface area contributed by atoms with Gasteiger partial charge in [0.15, 0.2) is 6.20 Å². The highest BCUT2D eigenvalue weighted by Crippen LogP contribution is 2.26. The van der Waals surface area contributed by atoms with Crippen molar-refractivity contribution in [3.05, 3.63) is 47.3 Å². The van der Waals surface area contributed by atoms with Gasteiger partial charge in [0.05, 0.1) is 12.0 Å². The Bertz CT molecular complexity index is 985. The summed E-state index contributed by atoms with van der Waals surface area (Å²) in [6, 6.07) is 8.49. The number of ketones is 1. The van der Waals surface area contributed by atoms with Gasteiger partial charge in [0.2, 0.25) is 11.3 Å². The van der Waals surface area contributed by atoms with Crippen molar-refractivity contribution < 1.29 is 23.9 Å². The first-order chi connectivity index (χ1) is 14.8. The zero-order valence-corrected chi connectivity index (χ0v) is 18.4. The highest BCUT2D eigenvalue weighted by molar-refractivity contribution is 6.38. The Morgan fingerprint density at radius 2 is 1.97 bits per heavy atom. The predicted octanol–water partition coefficient (Wildman–Crippen LogP) is 2.95. The Hall–Kier alpha value is -2.96. The fourth-order valence-corrected chi connectivity index (χ4v) is 3.85. The quantitative estimate of drug-likeness (QED) is 0.213. The van der Waals surface area contributed by atoms with Crippen LogP contribution in [-0.4, -0.2) is 41.8 Å². The molecule has 2 aromatic rings. The molecule has 1 unspecified atom stereocenters. The van der Waals surface area contributed by atoms with Crippen LogP contribution in [0, 0.1) is 10.6 Å². The summed E-state index contributed by atoms with van der Waals surface area (Å²) in [5.74, 6) is -1.50. The van der Waals surface area contributed by atoms with Crippen LogP contribution in [0.5, 0.6) is 0 Å². The van der Waals surface area contributed by atoms with E-state index in [0.29, 0.717) is 44.2 Å². The lowest BCUT2D eigenvalue weighted by Crippen LogP contribution is -2.48. The molecule has 0 bridgehead atoms. The maximum atomic E-state index is 12.7. The average molecular weight is 427 g/mol. The van der Waals surface area contributed by atoms with Crippen molar-refractivity contribution in [2.45, 2.75) is 58.9 Å². The highest BCUT2D eigenvalue weighted by atomic mass is 16.5. The number of hydrogen-bond donors (Lipinski definition) is 0. The van der Waals surface area contributed by atoms with Gasteiger partial charge in [-0.15, -0.1) is 0 Å². The van der Waals surface area contributed by atoms with E-state index in [4.69, 9.17) is 4.74 Å². The standard InChI is InChI=1S/C24H30N2O5/c1-4-24(2,3)21(27)22(28)25-14-7-12-20(25)23(29)31-16-8-9-17-13-15-26(30)19-11-6-5-10-18(17)19/h5-6,10-11,13,15,20H,4,7-9,12,14,16H2,1-3H3. The van der Waals surface area contributed by atoms with Gasteiger partial charge in [0, 0.05) is 24.1 Å². The number of para-hydroxylation sites is 1. The lowest BCUT2D eigenvalue weighted by molar-refractivity contribution is -0.577. The summed E-state index contributed by atoms with van der Waals surface area (Å²) >= 11 is 0. The summed E-state index contributed by atoms with van der Waals surface area (Å²) in [7, 11) is 0. The van der Waals surface area contributed by atoms with Crippen molar-refractivity contribution in [1.82, 2.24) is 4.90 Å². The summed E-state index contributed by atoms with van der Waals surface area (Å²) in [4.78, 5) is 39.2. The fourth-order valence-electron chi connectivity index (χ4n) is 3.85. The minimum absolute atomic E-state index is 0.215. The second-order valence-electron chi connectivity index (χ2n) is 8.68. The van der Waals surface area contributed by atoms with Crippen molar-refractivity contribution in [3.8, 4) is 0 Å². The molecule has 7 heteroatoms. The molecule has 0 aliphatic carbocycles. The second kappa shape index (κ2) is 9.45. The molecule has 0 N–H and O–H groups in total. The van der Waals surface area contributed by atoms with Gasteiger partial charge in [0.25, 0.3) is 5.91 Å². The Balaban J connectivity index is 1.56. The van der Waals surface area contributed by atoms with E-state index >= 15 is 0 Å². The number of aromatic nitrogens is 1. The van der Waals surface area contributed by atoms with Crippen molar-refractivity contribution >= 4 is 28.6 Å². The van der Waals surface area contributed by atoms with Crippen LogP contribution in [0.4, 0.5) is 0 Å². The number of ether oxygens (including phenoxy) is 1. The number of pyridine rings is 1. The van der Waals surface area contributed by atoms with Crippen molar-refractivity contribution in [2.75, 3.05) is 13.2 Å². The molecular formula is C24H30N2O5. The van der Waals surface area contributed by atoms with Crippen molar-refractivity contribution in [2.24, 2.45) is 5.41 Å². The van der Waals surface area contributed by atoms with Gasteiger partial charge in [-0.05, 0) is 43.7 Å². The van der Waals surface area contributed by atoms with Crippen LogP contribution in [0.15, 0.2) is 36.5 Å². The van der Waals surface area contributed by atoms with E-state index in [1.165, 1.54) is 11.1 Å². The zero-order valence-electron chi connectivity index (χ0n) is 18.4. The molecule has 1 aliphatic heterocycles. The number of amides is 1. The molecule has 166 valence electrons. The van der Waals surface area contributed by atoms with E-state index in [9.17, 15) is 19.6 Å².